The van der Waals surface area contributed by atoms with E-state index >= 15 is 0 Å². The summed E-state index contributed by atoms with van der Waals surface area (Å²) in [6.45, 7) is 0.308. The minimum absolute atomic E-state index is 0.308. The molecule has 102 valence electrons. The molecule has 2 aromatic carbocycles. The SMILES string of the molecule is COc1cc(COc2cc(Cl)ccc2Cl)ccc1C#N. The summed E-state index contributed by atoms with van der Waals surface area (Å²) in [4.78, 5) is 0. The molecule has 2 aromatic rings. The van der Waals surface area contributed by atoms with Crippen LogP contribution in [0.5, 0.6) is 11.5 Å². The number of nitriles is 1. The Kier molecular flexibility index (Phi) is 4.73. The van der Waals surface area contributed by atoms with Gasteiger partial charge in [0, 0.05) is 11.1 Å². The quantitative estimate of drug-likeness (QED) is 0.838. The van der Waals surface area contributed by atoms with Crippen molar-refractivity contribution in [3.8, 4) is 17.6 Å². The molecule has 0 fully saturated rings. The number of hydrogen-bond donors (Lipinski definition) is 0. The Morgan fingerprint density at radius 3 is 2.60 bits per heavy atom. The first kappa shape index (κ1) is 14.5. The third kappa shape index (κ3) is 3.36. The van der Waals surface area contributed by atoms with Crippen LogP contribution < -0.4 is 9.47 Å². The van der Waals surface area contributed by atoms with Crippen molar-refractivity contribution in [3.63, 3.8) is 0 Å². The van der Waals surface area contributed by atoms with Crippen molar-refractivity contribution in [3.05, 3.63) is 57.6 Å². The zero-order valence-corrected chi connectivity index (χ0v) is 12.2. The first-order valence-corrected chi connectivity index (χ1v) is 6.54. The molecule has 0 atom stereocenters. The highest BCUT2D eigenvalue weighted by atomic mass is 35.5. The summed E-state index contributed by atoms with van der Waals surface area (Å²) in [6, 6.07) is 12.3. The molecule has 0 saturated carbocycles. The molecular weight excluding hydrogens is 297 g/mol. The van der Waals surface area contributed by atoms with Crippen LogP contribution in [-0.4, -0.2) is 7.11 Å². The van der Waals surface area contributed by atoms with Gasteiger partial charge in [-0.15, -0.1) is 0 Å². The van der Waals surface area contributed by atoms with Crippen LogP contribution in [0.15, 0.2) is 36.4 Å². The van der Waals surface area contributed by atoms with Crippen molar-refractivity contribution in [2.45, 2.75) is 6.61 Å². The normalized spacial score (nSPS) is 9.90. The Hall–Kier alpha value is -1.89. The van der Waals surface area contributed by atoms with Gasteiger partial charge in [-0.05, 0) is 29.8 Å². The summed E-state index contributed by atoms with van der Waals surface area (Å²) in [6.07, 6.45) is 0. The van der Waals surface area contributed by atoms with Gasteiger partial charge in [-0.1, -0.05) is 29.3 Å². The van der Waals surface area contributed by atoms with Gasteiger partial charge in [0.05, 0.1) is 17.7 Å². The van der Waals surface area contributed by atoms with E-state index in [1.807, 2.05) is 0 Å². The number of ether oxygens (including phenoxy) is 2. The van der Waals surface area contributed by atoms with Crippen molar-refractivity contribution >= 4 is 23.2 Å². The van der Waals surface area contributed by atoms with Crippen LogP contribution in [0.1, 0.15) is 11.1 Å². The Labute approximate surface area is 127 Å². The number of nitrogens with zero attached hydrogens (tertiary/aromatic N) is 1. The maximum absolute atomic E-state index is 8.92. The Balaban J connectivity index is 2.15. The van der Waals surface area contributed by atoms with Crippen molar-refractivity contribution in [2.75, 3.05) is 7.11 Å². The van der Waals surface area contributed by atoms with Gasteiger partial charge in [0.2, 0.25) is 0 Å². The number of rotatable bonds is 4. The second-order valence-corrected chi connectivity index (χ2v) is 4.85. The molecule has 0 aromatic heterocycles. The lowest BCUT2D eigenvalue weighted by atomic mass is 10.1. The fraction of sp³-hybridized carbons (Fsp3) is 0.133. The zero-order valence-electron chi connectivity index (χ0n) is 10.7. The van der Waals surface area contributed by atoms with E-state index in [1.54, 1.807) is 36.4 Å². The van der Waals surface area contributed by atoms with E-state index in [-0.39, 0.29) is 0 Å². The minimum atomic E-state index is 0.308. The van der Waals surface area contributed by atoms with Crippen LogP contribution in [0, 0.1) is 11.3 Å². The lowest BCUT2D eigenvalue weighted by molar-refractivity contribution is 0.305. The van der Waals surface area contributed by atoms with E-state index in [9.17, 15) is 0 Å². The lowest BCUT2D eigenvalue weighted by Gasteiger charge is -2.10. The molecule has 0 aliphatic rings. The molecule has 0 unspecified atom stereocenters. The van der Waals surface area contributed by atoms with Gasteiger partial charge in [0.25, 0.3) is 0 Å². The van der Waals surface area contributed by atoms with Gasteiger partial charge < -0.3 is 9.47 Å². The van der Waals surface area contributed by atoms with E-state index in [0.717, 1.165) is 5.56 Å². The fourth-order valence-corrected chi connectivity index (χ4v) is 2.00. The third-order valence-corrected chi connectivity index (χ3v) is 3.22. The van der Waals surface area contributed by atoms with Gasteiger partial charge in [-0.2, -0.15) is 5.26 Å². The van der Waals surface area contributed by atoms with Crippen molar-refractivity contribution < 1.29 is 9.47 Å². The van der Waals surface area contributed by atoms with Crippen LogP contribution >= 0.6 is 23.2 Å². The van der Waals surface area contributed by atoms with Crippen LogP contribution in [0.3, 0.4) is 0 Å². The topological polar surface area (TPSA) is 42.2 Å². The monoisotopic (exact) mass is 307 g/mol. The predicted molar refractivity (Wildman–Crippen MR) is 78.5 cm³/mol. The van der Waals surface area contributed by atoms with Crippen molar-refractivity contribution in [1.82, 2.24) is 0 Å². The lowest BCUT2D eigenvalue weighted by Crippen LogP contribution is -1.98. The highest BCUT2D eigenvalue weighted by Crippen LogP contribution is 2.29. The summed E-state index contributed by atoms with van der Waals surface area (Å²) in [5, 5.41) is 9.97. The van der Waals surface area contributed by atoms with Gasteiger partial charge in [-0.25, -0.2) is 0 Å². The van der Waals surface area contributed by atoms with E-state index in [4.69, 9.17) is 37.9 Å². The maximum Gasteiger partial charge on any atom is 0.139 e. The molecule has 0 heterocycles. The highest BCUT2D eigenvalue weighted by molar-refractivity contribution is 6.34. The number of benzene rings is 2. The molecule has 0 N–H and O–H groups in total. The second kappa shape index (κ2) is 6.51. The standard InChI is InChI=1S/C15H11Cl2NO2/c1-19-14-6-10(2-3-11(14)8-18)9-20-15-7-12(16)4-5-13(15)17/h2-7H,9H2,1H3. The Bertz CT molecular complexity index is 665. The van der Waals surface area contributed by atoms with Crippen LogP contribution in [0.25, 0.3) is 0 Å². The third-order valence-electron chi connectivity index (χ3n) is 2.67. The van der Waals surface area contributed by atoms with E-state index in [2.05, 4.69) is 6.07 Å². The van der Waals surface area contributed by atoms with Gasteiger partial charge in [0.1, 0.15) is 24.2 Å². The molecule has 2 rings (SSSR count). The maximum atomic E-state index is 8.92. The predicted octanol–water partition coefficient (Wildman–Crippen LogP) is 4.45. The molecule has 0 aliphatic carbocycles. The molecule has 0 spiro atoms. The summed E-state index contributed by atoms with van der Waals surface area (Å²) in [5.74, 6) is 1.04. The Morgan fingerprint density at radius 1 is 1.10 bits per heavy atom. The number of hydrogen-bond acceptors (Lipinski definition) is 3. The molecule has 3 nitrogen and oxygen atoms in total. The molecule has 0 saturated heterocycles. The van der Waals surface area contributed by atoms with Gasteiger partial charge in [0.15, 0.2) is 0 Å². The van der Waals surface area contributed by atoms with Gasteiger partial charge >= 0.3 is 0 Å². The summed E-state index contributed by atoms with van der Waals surface area (Å²) >= 11 is 11.9. The van der Waals surface area contributed by atoms with E-state index in [1.165, 1.54) is 7.11 Å². The minimum Gasteiger partial charge on any atom is -0.495 e. The Morgan fingerprint density at radius 2 is 1.90 bits per heavy atom. The first-order valence-electron chi connectivity index (χ1n) is 5.79. The molecule has 5 heteroatoms. The van der Waals surface area contributed by atoms with Gasteiger partial charge in [-0.3, -0.25) is 0 Å². The second-order valence-electron chi connectivity index (χ2n) is 4.01. The molecule has 0 amide bonds. The smallest absolute Gasteiger partial charge is 0.139 e. The molecule has 0 aliphatic heterocycles. The molecule has 20 heavy (non-hydrogen) atoms. The van der Waals surface area contributed by atoms with Crippen LogP contribution in [0.2, 0.25) is 10.0 Å². The average molecular weight is 308 g/mol. The summed E-state index contributed by atoms with van der Waals surface area (Å²) < 4.78 is 10.8. The van der Waals surface area contributed by atoms with E-state index in [0.29, 0.717) is 33.7 Å². The largest absolute Gasteiger partial charge is 0.495 e. The molecule has 0 bridgehead atoms. The van der Waals surface area contributed by atoms with Crippen LogP contribution in [0.4, 0.5) is 0 Å². The summed E-state index contributed by atoms with van der Waals surface area (Å²) in [7, 11) is 1.52. The fourth-order valence-electron chi connectivity index (χ4n) is 1.67. The van der Waals surface area contributed by atoms with Crippen molar-refractivity contribution in [2.24, 2.45) is 0 Å². The van der Waals surface area contributed by atoms with Crippen LogP contribution in [-0.2, 0) is 6.61 Å². The zero-order chi connectivity index (χ0) is 14.5. The number of halogens is 2. The summed E-state index contributed by atoms with van der Waals surface area (Å²) in [5.41, 5.74) is 1.36. The highest BCUT2D eigenvalue weighted by Gasteiger charge is 2.06. The van der Waals surface area contributed by atoms with E-state index < -0.39 is 0 Å². The first-order chi connectivity index (χ1) is 9.63. The molecular formula is C15H11Cl2NO2. The average Bonchev–Trinajstić information content (AvgIpc) is 2.47. The molecule has 0 radical (unpaired) electrons. The number of methoxy groups -OCH3 is 1. The van der Waals surface area contributed by atoms with Crippen molar-refractivity contribution in [1.29, 1.82) is 5.26 Å².